The molecule has 0 unspecified atom stereocenters. The Labute approximate surface area is 159 Å². The van der Waals surface area contributed by atoms with Crippen LogP contribution in [0.2, 0.25) is 0 Å². The maximum absolute atomic E-state index is 5.79. The molecule has 3 aromatic rings. The molecule has 0 bridgehead atoms. The van der Waals surface area contributed by atoms with Crippen molar-refractivity contribution in [3.05, 3.63) is 41.3 Å². The zero-order valence-electron chi connectivity index (χ0n) is 15.3. The van der Waals surface area contributed by atoms with Gasteiger partial charge in [0.2, 0.25) is 0 Å². The molecule has 0 fully saturated rings. The number of hydrogen-bond acceptors (Lipinski definition) is 2. The van der Waals surface area contributed by atoms with Gasteiger partial charge in [0.25, 0.3) is 0 Å². The maximum Gasteiger partial charge on any atom is 0.139 e. The minimum atomic E-state index is -0.507. The van der Waals surface area contributed by atoms with E-state index in [0.29, 0.717) is 6.73 Å². The van der Waals surface area contributed by atoms with Crippen molar-refractivity contribution in [2.24, 2.45) is 0 Å². The van der Waals surface area contributed by atoms with Gasteiger partial charge in [0.1, 0.15) is 6.73 Å². The van der Waals surface area contributed by atoms with Crippen LogP contribution in [0.5, 0.6) is 0 Å². The van der Waals surface area contributed by atoms with E-state index in [1.807, 2.05) is 10.9 Å². The van der Waals surface area contributed by atoms with E-state index in [2.05, 4.69) is 81.9 Å². The molecule has 3 rings (SSSR count). The Hall–Kier alpha value is -1.24. The molecule has 0 atom stereocenters. The lowest BCUT2D eigenvalue weighted by molar-refractivity contribution is 0.0809. The predicted octanol–water partition coefficient (Wildman–Crippen LogP) is 4.96. The normalized spacial score (nSPS) is 12.8. The first kappa shape index (κ1) is 18.5. The Morgan fingerprint density at radius 2 is 2.00 bits per heavy atom. The molecule has 2 heterocycles. The summed E-state index contributed by atoms with van der Waals surface area (Å²) in [6, 6.07) is 6.43. The van der Waals surface area contributed by atoms with Crippen LogP contribution in [0.25, 0.3) is 22.0 Å². The van der Waals surface area contributed by atoms with Crippen LogP contribution >= 0.6 is 26.0 Å². The molecule has 0 amide bonds. The number of ether oxygens (including phenoxy) is 1. The van der Waals surface area contributed by atoms with Crippen LogP contribution in [0.1, 0.15) is 6.92 Å². The molecule has 0 aliphatic carbocycles. The van der Waals surface area contributed by atoms with E-state index in [0.717, 1.165) is 28.9 Å². The Morgan fingerprint density at radius 3 is 2.72 bits per heavy atom. The average Bonchev–Trinajstić information content (AvgIpc) is 3.14. The third-order valence-corrected chi connectivity index (χ3v) is 6.08. The monoisotopic (exact) mass is 423 g/mol. The van der Waals surface area contributed by atoms with Crippen LogP contribution in [0.3, 0.4) is 0 Å². The Morgan fingerprint density at radius 1 is 1.20 bits per heavy atom. The van der Waals surface area contributed by atoms with Crippen molar-refractivity contribution in [3.63, 3.8) is 0 Å². The number of hydrogen-bond donors (Lipinski definition) is 0. The lowest BCUT2D eigenvalue weighted by Gasteiger charge is -2.24. The standard InChI is InChI=1S/C19H26BrN3OS/c1-5-22-13-18(17-10-16(20)6-7-19(17)22)15-11-21-23(12-15)14-24-8-9-25(2,3)4/h6-7,10-13H,5,8-9,14H2,1-4H3. The molecule has 0 aliphatic heterocycles. The molecule has 136 valence electrons. The molecule has 0 radical (unpaired) electrons. The highest BCUT2D eigenvalue weighted by atomic mass is 79.9. The molecule has 4 nitrogen and oxygen atoms in total. The highest BCUT2D eigenvalue weighted by Gasteiger charge is 2.12. The van der Waals surface area contributed by atoms with Crippen molar-refractivity contribution in [2.75, 3.05) is 31.1 Å². The third kappa shape index (κ3) is 4.49. The second kappa shape index (κ2) is 7.56. The largest absolute Gasteiger partial charge is 0.358 e. The molecule has 25 heavy (non-hydrogen) atoms. The highest BCUT2D eigenvalue weighted by molar-refractivity contribution is 9.10. The fraction of sp³-hybridized carbons (Fsp3) is 0.421. The van der Waals surface area contributed by atoms with Gasteiger partial charge in [-0.3, -0.25) is 0 Å². The van der Waals surface area contributed by atoms with Crippen molar-refractivity contribution in [1.29, 1.82) is 0 Å². The van der Waals surface area contributed by atoms with Crippen molar-refractivity contribution >= 4 is 36.9 Å². The zero-order chi connectivity index (χ0) is 18.0. The van der Waals surface area contributed by atoms with Crippen LogP contribution in [-0.2, 0) is 18.0 Å². The van der Waals surface area contributed by atoms with Gasteiger partial charge >= 0.3 is 0 Å². The summed E-state index contributed by atoms with van der Waals surface area (Å²) >= 11 is 3.59. The van der Waals surface area contributed by atoms with Crippen LogP contribution in [0, 0.1) is 0 Å². The Kier molecular flexibility index (Phi) is 5.61. The van der Waals surface area contributed by atoms with Crippen LogP contribution in [0.4, 0.5) is 0 Å². The summed E-state index contributed by atoms with van der Waals surface area (Å²) in [5.74, 6) is 1.12. The van der Waals surface area contributed by atoms with Gasteiger partial charge in [-0.2, -0.15) is 5.10 Å². The van der Waals surface area contributed by atoms with Gasteiger partial charge in [-0.15, -0.1) is 0 Å². The number of nitrogens with zero attached hydrogens (tertiary/aromatic N) is 3. The fourth-order valence-electron chi connectivity index (χ4n) is 2.80. The van der Waals surface area contributed by atoms with E-state index in [1.54, 1.807) is 0 Å². The SMILES string of the molecule is CCn1cc(-c2cnn(COCCS(C)(C)C)c2)c2cc(Br)ccc21. The zero-order valence-corrected chi connectivity index (χ0v) is 17.7. The van der Waals surface area contributed by atoms with E-state index in [9.17, 15) is 0 Å². The summed E-state index contributed by atoms with van der Waals surface area (Å²) < 4.78 is 11.0. The molecule has 1 aromatic carbocycles. The molecular formula is C19H26BrN3OS. The summed E-state index contributed by atoms with van der Waals surface area (Å²) in [6.07, 6.45) is 13.1. The molecule has 0 aliphatic rings. The number of benzene rings is 1. The van der Waals surface area contributed by atoms with Crippen molar-refractivity contribution in [3.8, 4) is 11.1 Å². The fourth-order valence-corrected chi connectivity index (χ4v) is 3.78. The smallest absolute Gasteiger partial charge is 0.139 e. The molecule has 0 N–H and O–H groups in total. The molecule has 0 saturated carbocycles. The molecule has 0 saturated heterocycles. The predicted molar refractivity (Wildman–Crippen MR) is 113 cm³/mol. The number of rotatable bonds is 7. The Bertz CT molecular complexity index is 863. The first-order chi connectivity index (χ1) is 11.9. The van der Waals surface area contributed by atoms with Crippen molar-refractivity contribution in [2.45, 2.75) is 20.2 Å². The van der Waals surface area contributed by atoms with Gasteiger partial charge in [-0.1, -0.05) is 15.9 Å². The molecule has 6 heteroatoms. The summed E-state index contributed by atoms with van der Waals surface area (Å²) in [6.45, 7) is 4.41. The van der Waals surface area contributed by atoms with E-state index < -0.39 is 10.0 Å². The van der Waals surface area contributed by atoms with Gasteiger partial charge in [-0.05, 0) is 43.9 Å². The lowest BCUT2D eigenvalue weighted by atomic mass is 10.1. The van der Waals surface area contributed by atoms with Crippen LogP contribution in [0.15, 0.2) is 41.3 Å². The van der Waals surface area contributed by atoms with Gasteiger partial charge in [0, 0.05) is 51.2 Å². The van der Waals surface area contributed by atoms with Crippen LogP contribution < -0.4 is 0 Å². The van der Waals surface area contributed by atoms with Gasteiger partial charge in [0.05, 0.1) is 12.8 Å². The lowest BCUT2D eigenvalue weighted by Crippen LogP contribution is -2.10. The first-order valence-electron chi connectivity index (χ1n) is 8.42. The minimum Gasteiger partial charge on any atom is -0.358 e. The number of halogens is 1. The van der Waals surface area contributed by atoms with E-state index in [1.165, 1.54) is 16.5 Å². The van der Waals surface area contributed by atoms with E-state index in [-0.39, 0.29) is 0 Å². The summed E-state index contributed by atoms with van der Waals surface area (Å²) in [5, 5.41) is 5.71. The Balaban J connectivity index is 1.78. The van der Waals surface area contributed by atoms with Crippen LogP contribution in [-0.4, -0.2) is 45.5 Å². The average molecular weight is 424 g/mol. The highest BCUT2D eigenvalue weighted by Crippen LogP contribution is 2.34. The van der Waals surface area contributed by atoms with E-state index in [4.69, 9.17) is 4.74 Å². The number of aromatic nitrogens is 3. The van der Waals surface area contributed by atoms with Crippen molar-refractivity contribution in [1.82, 2.24) is 14.3 Å². The second-order valence-electron chi connectivity index (χ2n) is 7.09. The molecule has 2 aromatic heterocycles. The second-order valence-corrected chi connectivity index (χ2v) is 12.6. The van der Waals surface area contributed by atoms with Gasteiger partial charge in [-0.25, -0.2) is 14.7 Å². The maximum atomic E-state index is 5.79. The summed E-state index contributed by atoms with van der Waals surface area (Å²) in [4.78, 5) is 0. The summed E-state index contributed by atoms with van der Waals surface area (Å²) in [5.41, 5.74) is 3.58. The minimum absolute atomic E-state index is 0.506. The topological polar surface area (TPSA) is 32.0 Å². The molecule has 0 spiro atoms. The third-order valence-electron chi connectivity index (χ3n) is 4.19. The number of fused-ring (bicyclic) bond motifs is 1. The number of aryl methyl sites for hydroxylation is 1. The summed E-state index contributed by atoms with van der Waals surface area (Å²) in [7, 11) is -0.507. The quantitative estimate of drug-likeness (QED) is 0.503. The van der Waals surface area contributed by atoms with Crippen molar-refractivity contribution < 1.29 is 4.74 Å². The first-order valence-corrected chi connectivity index (χ1v) is 12.2. The van der Waals surface area contributed by atoms with Gasteiger partial charge < -0.3 is 9.30 Å². The van der Waals surface area contributed by atoms with Gasteiger partial charge in [0.15, 0.2) is 0 Å². The van der Waals surface area contributed by atoms with E-state index >= 15 is 0 Å². The molecular weight excluding hydrogens is 398 g/mol.